The monoisotopic (exact) mass is 600 g/mol. The summed E-state index contributed by atoms with van der Waals surface area (Å²) in [5.74, 6) is -1.06. The first-order valence-corrected chi connectivity index (χ1v) is 12.8. The van der Waals surface area contributed by atoms with Gasteiger partial charge in [-0.1, -0.05) is 44.2 Å². The van der Waals surface area contributed by atoms with Crippen molar-refractivity contribution < 1.29 is 36.2 Å². The second-order valence-corrected chi connectivity index (χ2v) is 8.88. The number of pyridine rings is 1. The number of para-hydroxylation sites is 1. The maximum atomic E-state index is 13.2. The summed E-state index contributed by atoms with van der Waals surface area (Å²) in [7, 11) is 0. The normalized spacial score (nSPS) is 11.4. The number of fused-ring (bicyclic) bond motifs is 1. The summed E-state index contributed by atoms with van der Waals surface area (Å²) in [4.78, 5) is 21.7. The van der Waals surface area contributed by atoms with Crippen LogP contribution in [0.2, 0.25) is 5.02 Å². The number of amides is 1. The van der Waals surface area contributed by atoms with Crippen molar-refractivity contribution in [3.05, 3.63) is 81.9 Å². The number of carbonyl (C=O) groups is 1. The van der Waals surface area contributed by atoms with Crippen LogP contribution in [0.15, 0.2) is 54.4 Å². The fraction of sp³-hybridized carbons (Fsp3) is 0.192. The molecular weight excluding hydrogens is 579 g/mol. The lowest BCUT2D eigenvalue weighted by Gasteiger charge is -2.14. The van der Waals surface area contributed by atoms with Crippen LogP contribution < -0.4 is 14.8 Å². The zero-order valence-electron chi connectivity index (χ0n) is 21.2. The third-order valence-electron chi connectivity index (χ3n) is 4.83. The van der Waals surface area contributed by atoms with E-state index in [2.05, 4.69) is 26.6 Å². The zero-order valence-corrected chi connectivity index (χ0v) is 22.8. The summed E-state index contributed by atoms with van der Waals surface area (Å²) in [5, 5.41) is 3.67. The van der Waals surface area contributed by atoms with Gasteiger partial charge in [-0.05, 0) is 31.2 Å². The minimum Gasteiger partial charge on any atom is -0.458 e. The average Bonchev–Trinajstić information content (AvgIpc) is 3.46. The molecule has 0 fully saturated rings. The van der Waals surface area contributed by atoms with Crippen LogP contribution in [-0.2, 0) is 6.18 Å². The number of alkyl halides is 5. The molecule has 212 valence electrons. The molecule has 4 rings (SSSR count). The van der Waals surface area contributed by atoms with Crippen LogP contribution in [0.1, 0.15) is 48.1 Å². The van der Waals surface area contributed by atoms with E-state index in [-0.39, 0.29) is 34.5 Å². The van der Waals surface area contributed by atoms with Gasteiger partial charge in [0.15, 0.2) is 22.3 Å². The van der Waals surface area contributed by atoms with Gasteiger partial charge in [-0.25, -0.2) is 9.97 Å². The number of carbonyl (C=O) groups excluding carboxylic acids is 1. The molecule has 1 aromatic carbocycles. The molecular formula is C26H22ClF5N4O3S. The Morgan fingerprint density at radius 3 is 2.60 bits per heavy atom. The highest BCUT2D eigenvalue weighted by atomic mass is 35.5. The predicted octanol–water partition coefficient (Wildman–Crippen LogP) is 8.43. The van der Waals surface area contributed by atoms with E-state index in [1.165, 1.54) is 46.9 Å². The van der Waals surface area contributed by atoms with Crippen LogP contribution in [0.3, 0.4) is 0 Å². The number of hydrogen-bond donors (Lipinski definition) is 1. The lowest BCUT2D eigenvalue weighted by molar-refractivity contribution is -0.137. The van der Waals surface area contributed by atoms with Crippen molar-refractivity contribution in [3.8, 4) is 11.5 Å². The number of anilines is 1. The number of thiazole rings is 1. The average molecular weight is 601 g/mol. The van der Waals surface area contributed by atoms with E-state index in [0.717, 1.165) is 0 Å². The lowest BCUT2D eigenvalue weighted by Crippen LogP contribution is -2.17. The van der Waals surface area contributed by atoms with Gasteiger partial charge in [0.1, 0.15) is 5.69 Å². The molecule has 7 nitrogen and oxygen atoms in total. The fourth-order valence-corrected chi connectivity index (χ4v) is 4.24. The van der Waals surface area contributed by atoms with E-state index in [9.17, 15) is 26.7 Å². The Balaban J connectivity index is 0.00000216. The van der Waals surface area contributed by atoms with Crippen LogP contribution in [0.25, 0.3) is 17.1 Å². The molecule has 0 aliphatic carbocycles. The SMILES string of the molecule is C=C(C)Oc1c(/C=C/c2nc3sccn3c2C(=O)Nc2ncc(C(F)(F)F)cc2Cl)cccc1OC(F)F.CC. The van der Waals surface area contributed by atoms with Gasteiger partial charge in [0.05, 0.1) is 22.0 Å². The van der Waals surface area contributed by atoms with E-state index in [1.807, 2.05) is 13.8 Å². The minimum atomic E-state index is -4.66. The van der Waals surface area contributed by atoms with Crippen LogP contribution in [0.5, 0.6) is 11.5 Å². The molecule has 1 N–H and O–H groups in total. The fourth-order valence-electron chi connectivity index (χ4n) is 3.30. The van der Waals surface area contributed by atoms with Gasteiger partial charge in [0.25, 0.3) is 5.91 Å². The Hall–Kier alpha value is -3.97. The number of ether oxygens (including phenoxy) is 2. The molecule has 1 amide bonds. The molecule has 0 unspecified atom stereocenters. The van der Waals surface area contributed by atoms with Crippen LogP contribution >= 0.6 is 22.9 Å². The van der Waals surface area contributed by atoms with Crippen LogP contribution in [0.4, 0.5) is 27.8 Å². The third kappa shape index (κ3) is 7.16. The quantitative estimate of drug-likeness (QED) is 0.162. The molecule has 3 aromatic heterocycles. The Morgan fingerprint density at radius 1 is 1.25 bits per heavy atom. The molecule has 40 heavy (non-hydrogen) atoms. The standard InChI is InChI=1S/C24H16ClF5N4O3S.C2H6/c1-12(2)36-19-13(4-3-5-17(19)37-22(26)27)6-7-16-18(34-8-9-38-23(34)32-16)21(35)33-20-15(25)10-14(11-31-20)24(28,29)30;1-2/h3-11,22H,1H2,2H3,(H,31,33,35);1-2H3/b7-6+;. The molecule has 0 aliphatic heterocycles. The molecule has 14 heteroatoms. The highest BCUT2D eigenvalue weighted by Gasteiger charge is 2.32. The number of imidazole rings is 1. The van der Waals surface area contributed by atoms with Crippen molar-refractivity contribution in [2.45, 2.75) is 33.6 Å². The summed E-state index contributed by atoms with van der Waals surface area (Å²) in [5.41, 5.74) is -0.558. The first-order chi connectivity index (χ1) is 18.9. The maximum absolute atomic E-state index is 13.2. The Labute approximate surface area is 234 Å². The largest absolute Gasteiger partial charge is 0.458 e. The van der Waals surface area contributed by atoms with E-state index >= 15 is 0 Å². The van der Waals surface area contributed by atoms with Crippen molar-refractivity contribution in [2.75, 3.05) is 5.32 Å². The first-order valence-electron chi connectivity index (χ1n) is 11.5. The summed E-state index contributed by atoms with van der Waals surface area (Å²) < 4.78 is 76.1. The number of benzene rings is 1. The smallest absolute Gasteiger partial charge is 0.417 e. The van der Waals surface area contributed by atoms with Gasteiger partial charge in [0.2, 0.25) is 0 Å². The molecule has 0 atom stereocenters. The van der Waals surface area contributed by atoms with Gasteiger partial charge in [0, 0.05) is 23.3 Å². The lowest BCUT2D eigenvalue weighted by atomic mass is 10.1. The molecule has 0 saturated carbocycles. The molecule has 0 radical (unpaired) electrons. The number of nitrogens with one attached hydrogen (secondary N) is 1. The highest BCUT2D eigenvalue weighted by Crippen LogP contribution is 2.36. The van der Waals surface area contributed by atoms with Gasteiger partial charge in [-0.3, -0.25) is 9.20 Å². The second-order valence-electron chi connectivity index (χ2n) is 7.60. The molecule has 0 spiro atoms. The number of nitrogens with zero attached hydrogens (tertiary/aromatic N) is 3. The molecule has 4 aromatic rings. The molecule has 3 heterocycles. The van der Waals surface area contributed by atoms with Crippen molar-refractivity contribution in [1.29, 1.82) is 0 Å². The molecule has 0 aliphatic rings. The Morgan fingerprint density at radius 2 is 1.98 bits per heavy atom. The topological polar surface area (TPSA) is 77.8 Å². The van der Waals surface area contributed by atoms with Crippen molar-refractivity contribution in [2.24, 2.45) is 0 Å². The minimum absolute atomic E-state index is 0.0238. The predicted molar refractivity (Wildman–Crippen MR) is 144 cm³/mol. The van der Waals surface area contributed by atoms with Gasteiger partial charge < -0.3 is 14.8 Å². The summed E-state index contributed by atoms with van der Waals surface area (Å²) >= 11 is 7.16. The summed E-state index contributed by atoms with van der Waals surface area (Å²) in [6.45, 7) is 6.05. The van der Waals surface area contributed by atoms with E-state index in [0.29, 0.717) is 22.8 Å². The first kappa shape index (κ1) is 30.6. The van der Waals surface area contributed by atoms with Gasteiger partial charge >= 0.3 is 12.8 Å². The Bertz CT molecular complexity index is 1550. The van der Waals surface area contributed by atoms with E-state index < -0.39 is 29.3 Å². The van der Waals surface area contributed by atoms with Crippen molar-refractivity contribution in [1.82, 2.24) is 14.4 Å². The summed E-state index contributed by atoms with van der Waals surface area (Å²) in [6.07, 6.45) is 0.395. The number of allylic oxidation sites excluding steroid dienone is 1. The summed E-state index contributed by atoms with van der Waals surface area (Å²) in [6, 6.07) is 4.99. The van der Waals surface area contributed by atoms with Crippen molar-refractivity contribution in [3.63, 3.8) is 0 Å². The van der Waals surface area contributed by atoms with E-state index in [1.54, 1.807) is 17.6 Å². The highest BCUT2D eigenvalue weighted by molar-refractivity contribution is 7.15. The number of rotatable bonds is 8. The van der Waals surface area contributed by atoms with Gasteiger partial charge in [-0.15, -0.1) is 11.3 Å². The maximum Gasteiger partial charge on any atom is 0.417 e. The Kier molecular flexibility index (Phi) is 9.88. The molecule has 0 saturated heterocycles. The van der Waals surface area contributed by atoms with Crippen molar-refractivity contribution >= 4 is 51.8 Å². The second kappa shape index (κ2) is 12.9. The van der Waals surface area contributed by atoms with Crippen LogP contribution in [0, 0.1) is 0 Å². The number of aromatic nitrogens is 3. The van der Waals surface area contributed by atoms with Crippen LogP contribution in [-0.4, -0.2) is 26.9 Å². The zero-order chi connectivity index (χ0) is 29.6. The number of hydrogen-bond acceptors (Lipinski definition) is 6. The number of halogens is 6. The van der Waals surface area contributed by atoms with E-state index in [4.69, 9.17) is 16.3 Å². The molecule has 0 bridgehead atoms. The van der Waals surface area contributed by atoms with Gasteiger partial charge in [-0.2, -0.15) is 22.0 Å². The third-order valence-corrected chi connectivity index (χ3v) is 5.87.